The van der Waals surface area contributed by atoms with Crippen LogP contribution in [0.2, 0.25) is 0 Å². The molecule has 4 rings (SSSR count). The number of hydrogen-bond acceptors (Lipinski definition) is 4. The topological polar surface area (TPSA) is 71.7 Å². The minimum atomic E-state index is -3.56. The SMILES string of the molecule is Cc1cc(C)c2sc(=NC(=O)c3ccc(S(=O)(=O)N4CCCCC4C)cc3)n(C)c2c1. The van der Waals surface area contributed by atoms with E-state index in [1.54, 1.807) is 16.4 Å². The maximum Gasteiger partial charge on any atom is 0.279 e. The van der Waals surface area contributed by atoms with Crippen LogP contribution in [0.15, 0.2) is 46.3 Å². The second-order valence-corrected chi connectivity index (χ2v) is 11.1. The number of carbonyl (C=O) groups excluding carboxylic acids is 1. The Morgan fingerprint density at radius 1 is 1.13 bits per heavy atom. The molecule has 0 spiro atoms. The second kappa shape index (κ2) is 8.33. The predicted octanol–water partition coefficient (Wildman–Crippen LogP) is 4.16. The van der Waals surface area contributed by atoms with Crippen molar-refractivity contribution in [2.75, 3.05) is 6.54 Å². The summed E-state index contributed by atoms with van der Waals surface area (Å²) in [5.41, 5.74) is 3.74. The van der Waals surface area contributed by atoms with Crippen molar-refractivity contribution in [3.63, 3.8) is 0 Å². The third kappa shape index (κ3) is 4.12. The number of amides is 1. The summed E-state index contributed by atoms with van der Waals surface area (Å²) in [4.78, 5) is 17.9. The molecule has 2 aromatic carbocycles. The fourth-order valence-electron chi connectivity index (χ4n) is 4.16. The highest BCUT2D eigenvalue weighted by Gasteiger charge is 2.30. The van der Waals surface area contributed by atoms with Crippen molar-refractivity contribution >= 4 is 37.5 Å². The molecule has 31 heavy (non-hydrogen) atoms. The molecule has 0 radical (unpaired) electrons. The quantitative estimate of drug-likeness (QED) is 0.593. The number of carbonyl (C=O) groups is 1. The lowest BCUT2D eigenvalue weighted by atomic mass is 10.1. The Kier molecular flexibility index (Phi) is 5.89. The number of piperidine rings is 1. The van der Waals surface area contributed by atoms with E-state index >= 15 is 0 Å². The van der Waals surface area contributed by atoms with Gasteiger partial charge in [0.1, 0.15) is 0 Å². The molecule has 3 aromatic rings. The molecule has 164 valence electrons. The van der Waals surface area contributed by atoms with Crippen molar-refractivity contribution in [3.8, 4) is 0 Å². The number of sulfonamides is 1. The van der Waals surface area contributed by atoms with Crippen molar-refractivity contribution in [1.29, 1.82) is 0 Å². The van der Waals surface area contributed by atoms with Gasteiger partial charge in [-0.25, -0.2) is 8.42 Å². The maximum absolute atomic E-state index is 13.0. The van der Waals surface area contributed by atoms with Crippen LogP contribution in [0.25, 0.3) is 10.2 Å². The van der Waals surface area contributed by atoms with Crippen LogP contribution in [0.4, 0.5) is 0 Å². The van der Waals surface area contributed by atoms with Crippen LogP contribution in [0.5, 0.6) is 0 Å². The van der Waals surface area contributed by atoms with Crippen LogP contribution < -0.4 is 4.80 Å². The third-order valence-corrected chi connectivity index (χ3v) is 9.20. The van der Waals surface area contributed by atoms with Crippen LogP contribution in [0, 0.1) is 13.8 Å². The van der Waals surface area contributed by atoms with E-state index in [1.165, 1.54) is 23.5 Å². The number of aromatic nitrogens is 1. The number of thiazole rings is 1. The molecule has 1 amide bonds. The van der Waals surface area contributed by atoms with Gasteiger partial charge in [-0.1, -0.05) is 23.8 Å². The predicted molar refractivity (Wildman–Crippen MR) is 124 cm³/mol. The number of rotatable bonds is 3. The summed E-state index contributed by atoms with van der Waals surface area (Å²) in [5, 5.41) is 0. The zero-order valence-electron chi connectivity index (χ0n) is 18.3. The first-order valence-corrected chi connectivity index (χ1v) is 12.7. The summed E-state index contributed by atoms with van der Waals surface area (Å²) in [6, 6.07) is 10.3. The fourth-order valence-corrected chi connectivity index (χ4v) is 6.93. The standard InChI is InChI=1S/C23H27N3O3S2/c1-15-13-16(2)21-20(14-15)25(4)23(30-21)24-22(27)18-8-10-19(11-9-18)31(28,29)26-12-6-5-7-17(26)3/h8-11,13-14,17H,5-7,12H2,1-4H3. The van der Waals surface area contributed by atoms with Crippen LogP contribution in [-0.4, -0.2) is 35.8 Å². The molecule has 6 nitrogen and oxygen atoms in total. The van der Waals surface area contributed by atoms with Gasteiger partial charge in [0.2, 0.25) is 10.0 Å². The largest absolute Gasteiger partial charge is 0.319 e. The molecular formula is C23H27N3O3S2. The highest BCUT2D eigenvalue weighted by molar-refractivity contribution is 7.89. The Morgan fingerprint density at radius 2 is 1.84 bits per heavy atom. The van der Waals surface area contributed by atoms with E-state index < -0.39 is 10.0 Å². The van der Waals surface area contributed by atoms with E-state index in [-0.39, 0.29) is 16.8 Å². The summed E-state index contributed by atoms with van der Waals surface area (Å²) in [7, 11) is -1.65. The summed E-state index contributed by atoms with van der Waals surface area (Å²) in [5.74, 6) is -0.383. The van der Waals surface area contributed by atoms with Crippen LogP contribution in [-0.2, 0) is 17.1 Å². The lowest BCUT2D eigenvalue weighted by Crippen LogP contribution is -2.41. The fraction of sp³-hybridized carbons (Fsp3) is 0.391. The highest BCUT2D eigenvalue weighted by atomic mass is 32.2. The number of benzene rings is 2. The lowest BCUT2D eigenvalue weighted by Gasteiger charge is -2.32. The number of fused-ring (bicyclic) bond motifs is 1. The van der Waals surface area contributed by atoms with Gasteiger partial charge < -0.3 is 4.57 Å². The maximum atomic E-state index is 13.0. The van der Waals surface area contributed by atoms with Gasteiger partial charge in [-0.15, -0.1) is 0 Å². The molecule has 0 bridgehead atoms. The van der Waals surface area contributed by atoms with Crippen LogP contribution in [0.3, 0.4) is 0 Å². The van der Waals surface area contributed by atoms with Crippen LogP contribution in [0.1, 0.15) is 47.7 Å². The molecule has 1 aliphatic rings. The molecule has 1 aromatic heterocycles. The average Bonchev–Trinajstić information content (AvgIpc) is 3.04. The Bertz CT molecular complexity index is 1320. The van der Waals surface area contributed by atoms with Gasteiger partial charge in [0.15, 0.2) is 4.80 Å². The van der Waals surface area contributed by atoms with Gasteiger partial charge in [-0.2, -0.15) is 9.30 Å². The molecule has 1 aliphatic heterocycles. The third-order valence-electron chi connectivity index (χ3n) is 5.89. The average molecular weight is 458 g/mol. The molecule has 8 heteroatoms. The Morgan fingerprint density at radius 3 is 2.52 bits per heavy atom. The van der Waals surface area contributed by atoms with E-state index in [2.05, 4.69) is 24.0 Å². The van der Waals surface area contributed by atoms with Gasteiger partial charge in [-0.05, 0) is 75.1 Å². The molecule has 0 saturated carbocycles. The second-order valence-electron chi connectivity index (χ2n) is 8.28. The van der Waals surface area contributed by atoms with Gasteiger partial charge in [-0.3, -0.25) is 4.79 Å². The van der Waals surface area contributed by atoms with Crippen molar-refractivity contribution < 1.29 is 13.2 Å². The monoisotopic (exact) mass is 457 g/mol. The smallest absolute Gasteiger partial charge is 0.279 e. The minimum absolute atomic E-state index is 0.00453. The molecule has 0 N–H and O–H groups in total. The molecule has 2 heterocycles. The Labute approximate surface area is 186 Å². The van der Waals surface area contributed by atoms with E-state index in [0.717, 1.165) is 40.6 Å². The van der Waals surface area contributed by atoms with Crippen molar-refractivity contribution in [1.82, 2.24) is 8.87 Å². The Hall–Kier alpha value is -2.29. The van der Waals surface area contributed by atoms with E-state index in [0.29, 0.717) is 16.9 Å². The molecule has 1 fully saturated rings. The first-order valence-electron chi connectivity index (χ1n) is 10.5. The number of aryl methyl sites for hydroxylation is 3. The van der Waals surface area contributed by atoms with Crippen molar-refractivity contribution in [2.24, 2.45) is 12.0 Å². The summed E-state index contributed by atoms with van der Waals surface area (Å²) < 4.78 is 30.6. The normalized spacial score (nSPS) is 18.6. The van der Waals surface area contributed by atoms with Gasteiger partial charge in [0, 0.05) is 25.2 Å². The zero-order valence-corrected chi connectivity index (χ0v) is 19.9. The molecular weight excluding hydrogens is 430 g/mol. The number of nitrogens with zero attached hydrogens (tertiary/aromatic N) is 3. The number of hydrogen-bond donors (Lipinski definition) is 0. The lowest BCUT2D eigenvalue weighted by molar-refractivity contribution is 0.0998. The van der Waals surface area contributed by atoms with Crippen LogP contribution >= 0.6 is 11.3 Å². The summed E-state index contributed by atoms with van der Waals surface area (Å²) in [6.45, 7) is 6.59. The first-order chi connectivity index (χ1) is 14.7. The van der Waals surface area contributed by atoms with Gasteiger partial charge >= 0.3 is 0 Å². The molecule has 1 saturated heterocycles. The minimum Gasteiger partial charge on any atom is -0.319 e. The molecule has 1 atom stereocenters. The molecule has 1 unspecified atom stereocenters. The van der Waals surface area contributed by atoms with Crippen molar-refractivity contribution in [3.05, 3.63) is 57.9 Å². The molecule has 0 aliphatic carbocycles. The summed E-state index contributed by atoms with van der Waals surface area (Å²) >= 11 is 1.48. The zero-order chi connectivity index (χ0) is 22.3. The summed E-state index contributed by atoms with van der Waals surface area (Å²) in [6.07, 6.45) is 2.81. The van der Waals surface area contributed by atoms with Gasteiger partial charge in [0.25, 0.3) is 5.91 Å². The van der Waals surface area contributed by atoms with Crippen molar-refractivity contribution in [2.45, 2.75) is 51.0 Å². The highest BCUT2D eigenvalue weighted by Crippen LogP contribution is 2.26. The van der Waals surface area contributed by atoms with E-state index in [9.17, 15) is 13.2 Å². The Balaban J connectivity index is 1.64. The first kappa shape index (κ1) is 21.9. The van der Waals surface area contributed by atoms with E-state index in [4.69, 9.17) is 0 Å². The van der Waals surface area contributed by atoms with Gasteiger partial charge in [0.05, 0.1) is 15.1 Å². The van der Waals surface area contributed by atoms with E-state index in [1.807, 2.05) is 25.5 Å².